The minimum atomic E-state index is -0.435. The molecule has 6 aromatic heterocycles. The third-order valence-corrected chi connectivity index (χ3v) is 15.8. The van der Waals surface area contributed by atoms with Crippen molar-refractivity contribution in [1.82, 2.24) is 63.4 Å². The maximum absolute atomic E-state index is 12.2. The van der Waals surface area contributed by atoms with Crippen molar-refractivity contribution < 1.29 is 38.0 Å². The van der Waals surface area contributed by atoms with Gasteiger partial charge in [-0.3, -0.25) is 19.4 Å². The fraction of sp³-hybridized carbons (Fsp3) is 0.448. The number of imidazole rings is 2. The topological polar surface area (TPSA) is 283 Å². The number of nitrogens with zero attached hydrogens (tertiary/aromatic N) is 13. The van der Waals surface area contributed by atoms with Crippen LogP contribution in [0.5, 0.6) is 34.5 Å². The Balaban J connectivity index is 0.000000169. The van der Waals surface area contributed by atoms with Gasteiger partial charge in [0.2, 0.25) is 34.5 Å². The first kappa shape index (κ1) is 59.6. The van der Waals surface area contributed by atoms with Gasteiger partial charge in [0, 0.05) is 43.9 Å². The molecule has 12 rings (SSSR count). The van der Waals surface area contributed by atoms with Gasteiger partial charge in [-0.05, 0) is 120 Å². The molecule has 0 unspecified atom stereocenters. The van der Waals surface area contributed by atoms with Crippen LogP contribution in [-0.2, 0) is 22.7 Å². The Kier molecular flexibility index (Phi) is 19.2. The molecule has 2 aromatic carbocycles. The van der Waals surface area contributed by atoms with Gasteiger partial charge in [0.25, 0.3) is 0 Å². The second-order valence-electron chi connectivity index (χ2n) is 21.1. The summed E-state index contributed by atoms with van der Waals surface area (Å²) in [5.41, 5.74) is 16.1. The van der Waals surface area contributed by atoms with Crippen LogP contribution < -0.4 is 60.7 Å². The van der Waals surface area contributed by atoms with Crippen LogP contribution in [0.4, 0.5) is 29.2 Å². The van der Waals surface area contributed by atoms with E-state index in [0.717, 1.165) is 98.9 Å². The molecule has 0 radical (unpaired) electrons. The number of anilines is 5. The van der Waals surface area contributed by atoms with E-state index in [1.54, 1.807) is 55.3 Å². The second-order valence-corrected chi connectivity index (χ2v) is 21.4. The van der Waals surface area contributed by atoms with E-state index in [4.69, 9.17) is 61.6 Å². The van der Waals surface area contributed by atoms with Crippen molar-refractivity contribution >= 4 is 63.7 Å². The number of halogens is 1. The number of carbonyl (C=O) groups is 2. The molecule has 4 aliphatic rings. The smallest absolute Gasteiger partial charge is 0.246 e. The number of ether oxygens (including phenoxy) is 6. The summed E-state index contributed by atoms with van der Waals surface area (Å²) in [5.74, 6) is 5.50. The fourth-order valence-corrected chi connectivity index (χ4v) is 11.4. The SMILES string of the molecule is COc1cc(-n2cnc(Nc3nc(Cl)nn4c(CN5CCCCC5)ccc34)c2)cc(OC)c1OC.COc1cc(-n2cnc(Nc3nc(N4CCC[C@H]4C(N)=O)nn4c(CN5CCCCC5)ccc34)c2)cc(OC)c1OC.NC(=O)[C@@H]1CCCN1. The molecule has 0 saturated carbocycles. The predicted molar refractivity (Wildman–Crippen MR) is 322 cm³/mol. The third kappa shape index (κ3) is 13.7. The lowest BCUT2D eigenvalue weighted by atomic mass is 10.1. The molecule has 27 heteroatoms. The first-order valence-electron chi connectivity index (χ1n) is 28.6. The zero-order chi connectivity index (χ0) is 59.6. The Morgan fingerprint density at radius 2 is 1.07 bits per heavy atom. The molecule has 8 aromatic rings. The Morgan fingerprint density at radius 1 is 0.588 bits per heavy atom. The van der Waals surface area contributed by atoms with Gasteiger partial charge in [-0.2, -0.15) is 9.97 Å². The minimum absolute atomic E-state index is 0.0463. The Bertz CT molecular complexity index is 3540. The van der Waals surface area contributed by atoms with Gasteiger partial charge in [0.05, 0.1) is 83.9 Å². The van der Waals surface area contributed by atoms with Crippen LogP contribution in [0.15, 0.2) is 73.6 Å². The van der Waals surface area contributed by atoms with E-state index in [0.29, 0.717) is 76.7 Å². The van der Waals surface area contributed by atoms with E-state index < -0.39 is 6.04 Å². The number of aromatic nitrogens is 10. The van der Waals surface area contributed by atoms with E-state index in [9.17, 15) is 9.59 Å². The number of piperidine rings is 2. The molecular weight excluding hydrogens is 1110 g/mol. The molecule has 7 N–H and O–H groups in total. The van der Waals surface area contributed by atoms with Crippen LogP contribution in [0.25, 0.3) is 22.4 Å². The number of methoxy groups -OCH3 is 6. The number of likely N-dealkylation sites (tertiary alicyclic amines) is 2. The quantitative estimate of drug-likeness (QED) is 0.0565. The van der Waals surface area contributed by atoms with Crippen LogP contribution in [0.1, 0.15) is 75.6 Å². The van der Waals surface area contributed by atoms with E-state index in [1.807, 2.05) is 71.9 Å². The van der Waals surface area contributed by atoms with E-state index >= 15 is 0 Å². The number of hydrogen-bond acceptors (Lipinski definition) is 20. The molecule has 4 saturated heterocycles. The Hall–Kier alpha value is -8.59. The van der Waals surface area contributed by atoms with Gasteiger partial charge < -0.3 is 69.9 Å². The van der Waals surface area contributed by atoms with Gasteiger partial charge in [-0.1, -0.05) is 12.8 Å². The standard InChI is InChI=1S/C29H37N9O4.C24H28ClN7O3.C5H10N2O/c1-40-23-14-20(15-24(41-2)26(23)42-3)36-17-25(31-18-36)32-28-22-10-9-19(16-35-11-5-4-6-12-35)38(22)34-29(33-28)37-13-7-8-21(37)27(30)39;1-33-19-11-17(12-20(34-2)22(19)35-3)31-14-21(26-15-31)27-23-18-8-7-16(32(18)29-24(25)28-23)13-30-9-5-4-6-10-30;6-5(8)4-2-1-3-7-4/h9-10,14-15,17-18,21H,4-8,11-13,16H2,1-3H3,(H2,30,39)(H,32,33,34);7-8,11-12,14-15H,4-6,9-10,13H2,1-3H3,(H,27,28,29);4,7H,1-3H2,(H2,6,8)/t21-;;4-/m0.0/s1. The Morgan fingerprint density at radius 3 is 1.49 bits per heavy atom. The maximum atomic E-state index is 12.2. The van der Waals surface area contributed by atoms with Crippen molar-refractivity contribution in [2.45, 2.75) is 89.4 Å². The molecular formula is C58H75ClN18O8. The monoisotopic (exact) mass is 1190 g/mol. The third-order valence-electron chi connectivity index (χ3n) is 15.6. The van der Waals surface area contributed by atoms with E-state index in [-0.39, 0.29) is 23.1 Å². The molecule has 85 heavy (non-hydrogen) atoms. The van der Waals surface area contributed by atoms with Crippen LogP contribution in [0.3, 0.4) is 0 Å². The van der Waals surface area contributed by atoms with Crippen molar-refractivity contribution in [2.75, 3.05) is 97.5 Å². The highest BCUT2D eigenvalue weighted by molar-refractivity contribution is 6.28. The number of primary amides is 2. The van der Waals surface area contributed by atoms with Crippen LogP contribution in [0.2, 0.25) is 5.28 Å². The van der Waals surface area contributed by atoms with Crippen molar-refractivity contribution in [1.29, 1.82) is 0 Å². The zero-order valence-electron chi connectivity index (χ0n) is 48.9. The second kappa shape index (κ2) is 27.4. The molecule has 2 atom stereocenters. The average molecular weight is 1190 g/mol. The van der Waals surface area contributed by atoms with Gasteiger partial charge in [0.15, 0.2) is 34.6 Å². The number of benzene rings is 2. The molecule has 0 bridgehead atoms. The molecule has 10 heterocycles. The van der Waals surface area contributed by atoms with Crippen LogP contribution in [0, 0.1) is 0 Å². The lowest BCUT2D eigenvalue weighted by Gasteiger charge is -2.26. The van der Waals surface area contributed by atoms with E-state index in [1.165, 1.54) is 38.5 Å². The van der Waals surface area contributed by atoms with Gasteiger partial charge in [0.1, 0.15) is 41.4 Å². The summed E-state index contributed by atoms with van der Waals surface area (Å²) in [4.78, 5) is 47.8. The first-order chi connectivity index (χ1) is 41.4. The molecule has 4 aliphatic heterocycles. The fourth-order valence-electron chi connectivity index (χ4n) is 11.3. The minimum Gasteiger partial charge on any atom is -0.493 e. The summed E-state index contributed by atoms with van der Waals surface area (Å²) in [7, 11) is 9.49. The number of nitrogens with one attached hydrogen (secondary N) is 3. The lowest BCUT2D eigenvalue weighted by molar-refractivity contribution is -0.120. The molecule has 0 spiro atoms. The van der Waals surface area contributed by atoms with Gasteiger partial charge in [-0.15, -0.1) is 10.2 Å². The summed E-state index contributed by atoms with van der Waals surface area (Å²) in [6.45, 7) is 7.58. The predicted octanol–water partition coefficient (Wildman–Crippen LogP) is 6.67. The molecule has 2 amide bonds. The Labute approximate surface area is 497 Å². The molecule has 26 nitrogen and oxygen atoms in total. The zero-order valence-corrected chi connectivity index (χ0v) is 49.7. The molecule has 4 fully saturated rings. The normalized spacial score (nSPS) is 17.2. The summed E-state index contributed by atoms with van der Waals surface area (Å²) in [5, 5.41) is 19.2. The number of amides is 2. The van der Waals surface area contributed by atoms with Crippen molar-refractivity contribution in [3.8, 4) is 45.9 Å². The highest BCUT2D eigenvalue weighted by Crippen LogP contribution is 2.41. The van der Waals surface area contributed by atoms with Gasteiger partial charge >= 0.3 is 0 Å². The largest absolute Gasteiger partial charge is 0.493 e. The number of carbonyl (C=O) groups excluding carboxylic acids is 2. The lowest BCUT2D eigenvalue weighted by Crippen LogP contribution is -2.41. The highest BCUT2D eigenvalue weighted by atomic mass is 35.5. The number of nitrogens with two attached hydrogens (primary N) is 2. The first-order valence-corrected chi connectivity index (χ1v) is 29.0. The number of fused-ring (bicyclic) bond motifs is 2. The summed E-state index contributed by atoms with van der Waals surface area (Å²) in [6, 6.07) is 15.1. The summed E-state index contributed by atoms with van der Waals surface area (Å²) < 4.78 is 40.4. The van der Waals surface area contributed by atoms with Crippen molar-refractivity contribution in [3.63, 3.8) is 0 Å². The van der Waals surface area contributed by atoms with Crippen molar-refractivity contribution in [3.05, 3.63) is 90.3 Å². The highest BCUT2D eigenvalue weighted by Gasteiger charge is 2.32. The van der Waals surface area contributed by atoms with Crippen LogP contribution in [-0.4, -0.2) is 164 Å². The van der Waals surface area contributed by atoms with Gasteiger partial charge in [-0.25, -0.2) is 19.0 Å². The van der Waals surface area contributed by atoms with Crippen LogP contribution >= 0.6 is 11.6 Å². The van der Waals surface area contributed by atoms with E-state index in [2.05, 4.69) is 57.9 Å². The molecule has 452 valence electrons. The summed E-state index contributed by atoms with van der Waals surface area (Å²) >= 11 is 6.30. The van der Waals surface area contributed by atoms with Crippen molar-refractivity contribution in [2.24, 2.45) is 11.5 Å². The average Bonchev–Trinajstić information content (AvgIpc) is 3.37. The molecule has 0 aliphatic carbocycles. The number of hydrogen-bond donors (Lipinski definition) is 5. The summed E-state index contributed by atoms with van der Waals surface area (Å²) in [6.07, 6.45) is 18.1. The number of rotatable bonds is 19. The maximum Gasteiger partial charge on any atom is 0.246 e.